The van der Waals surface area contributed by atoms with Crippen molar-refractivity contribution in [3.8, 4) is 11.3 Å². The van der Waals surface area contributed by atoms with E-state index in [0.717, 1.165) is 45.6 Å². The summed E-state index contributed by atoms with van der Waals surface area (Å²) in [7, 11) is 5.43. The first-order valence-electron chi connectivity index (χ1n) is 26.1. The number of likely N-dealkylation sites (tertiary alicyclic amines) is 1. The molecule has 7 heterocycles. The van der Waals surface area contributed by atoms with Crippen molar-refractivity contribution >= 4 is 46.3 Å². The van der Waals surface area contributed by atoms with Crippen LogP contribution in [0, 0.1) is 11.3 Å². The molecule has 5 aliphatic rings. The van der Waals surface area contributed by atoms with Gasteiger partial charge in [-0.1, -0.05) is 34.3 Å². The number of anilines is 1. The molecule has 5 amide bonds. The summed E-state index contributed by atoms with van der Waals surface area (Å²) >= 11 is 0. The zero-order chi connectivity index (χ0) is 51.6. The molecule has 4 fully saturated rings. The number of nitrogens with one attached hydrogen (secondary N) is 2. The number of hydrogen-bond acceptors (Lipinski definition) is 12. The van der Waals surface area contributed by atoms with E-state index in [1.165, 1.54) is 16.0 Å². The molecule has 0 unspecified atom stereocenters. The van der Waals surface area contributed by atoms with Gasteiger partial charge in [-0.15, -0.1) is 0 Å². The minimum Gasteiger partial charge on any atom is -0.464 e. The van der Waals surface area contributed by atoms with E-state index in [-0.39, 0.29) is 42.5 Å². The van der Waals surface area contributed by atoms with Gasteiger partial charge in [0.2, 0.25) is 11.8 Å². The molecule has 18 nitrogen and oxygen atoms in total. The number of nitrogens with zero attached hydrogens (tertiary/aromatic N) is 8. The van der Waals surface area contributed by atoms with Gasteiger partial charge >= 0.3 is 12.0 Å². The van der Waals surface area contributed by atoms with E-state index in [0.29, 0.717) is 91.1 Å². The molecule has 0 radical (unpaired) electrons. The number of ether oxygens (including phenoxy) is 3. The molecule has 2 N–H and O–H groups in total. The number of hydrogen-bond donors (Lipinski definition) is 2. The third-order valence-corrected chi connectivity index (χ3v) is 16.0. The van der Waals surface area contributed by atoms with E-state index in [2.05, 4.69) is 83.8 Å². The summed E-state index contributed by atoms with van der Waals surface area (Å²) in [4.78, 5) is 85.2. The SMILES string of the molecule is C=CC(=O)N1CCN(C)C2(CCN(C(=O)N(C)[C@H](C(=O)N[C@H]3C[C@H]4CN(CCO4)c4ccc5c(c4)c(c(-c4cccnc4[C@H](C)OC)n5CC)CC(C)(C)COC(=O)[C@@H]4CCCN(N4)C3=O)C(C)C)CC2)C1. The number of carbonyl (C=O) groups excluding carboxylic acids is 5. The summed E-state index contributed by atoms with van der Waals surface area (Å²) in [6.45, 7) is 21.4. The zero-order valence-corrected chi connectivity index (χ0v) is 44.1. The Morgan fingerprint density at radius 3 is 2.53 bits per heavy atom. The van der Waals surface area contributed by atoms with E-state index < -0.39 is 47.4 Å². The number of benzene rings is 1. The fraction of sp³-hybridized carbons (Fsp3) is 0.630. The van der Waals surface area contributed by atoms with E-state index >= 15 is 0 Å². The molecule has 6 bridgehead atoms. The number of hydrazine groups is 1. The van der Waals surface area contributed by atoms with Gasteiger partial charge in [0.15, 0.2) is 0 Å². The van der Waals surface area contributed by atoms with E-state index in [1.54, 1.807) is 25.3 Å². The van der Waals surface area contributed by atoms with Gasteiger partial charge in [0.05, 0.1) is 36.8 Å². The minimum atomic E-state index is -1.05. The fourth-order valence-corrected chi connectivity index (χ4v) is 11.8. The molecule has 5 atom stereocenters. The normalized spacial score (nSPS) is 23.9. The molecule has 8 rings (SSSR count). The van der Waals surface area contributed by atoms with Crippen molar-refractivity contribution in [1.29, 1.82) is 0 Å². The summed E-state index contributed by atoms with van der Waals surface area (Å²) in [5.41, 5.74) is 8.54. The second-order valence-electron chi connectivity index (χ2n) is 21.8. The molecular weight excluding hydrogens is 917 g/mol. The van der Waals surface area contributed by atoms with Crippen molar-refractivity contribution in [3.05, 3.63) is 60.4 Å². The van der Waals surface area contributed by atoms with Gasteiger partial charge in [0.25, 0.3) is 5.91 Å². The second kappa shape index (κ2) is 21.9. The van der Waals surface area contributed by atoms with E-state index in [1.807, 2.05) is 31.7 Å². The number of cyclic esters (lactones) is 1. The van der Waals surface area contributed by atoms with Gasteiger partial charge in [0, 0.05) is 119 Å². The van der Waals surface area contributed by atoms with Gasteiger partial charge in [-0.2, -0.15) is 0 Å². The monoisotopic (exact) mass is 995 g/mol. The van der Waals surface area contributed by atoms with Crippen LogP contribution in [0.4, 0.5) is 10.5 Å². The summed E-state index contributed by atoms with van der Waals surface area (Å²) in [5, 5.41) is 5.66. The maximum Gasteiger partial charge on any atom is 0.324 e. The first kappa shape index (κ1) is 52.8. The number of amides is 5. The molecule has 4 saturated heterocycles. The number of likely N-dealkylation sites (N-methyl/N-ethyl adjacent to an activating group) is 2. The number of rotatable bonds is 9. The highest BCUT2D eigenvalue weighted by Gasteiger charge is 2.46. The van der Waals surface area contributed by atoms with Crippen molar-refractivity contribution in [2.75, 3.05) is 91.7 Å². The smallest absolute Gasteiger partial charge is 0.324 e. The highest BCUT2D eigenvalue weighted by Crippen LogP contribution is 2.42. The summed E-state index contributed by atoms with van der Waals surface area (Å²) in [6, 6.07) is 7.65. The predicted molar refractivity (Wildman–Crippen MR) is 276 cm³/mol. The Balaban J connectivity index is 1.08. The first-order valence-corrected chi connectivity index (χ1v) is 26.1. The number of methoxy groups -OCH3 is 1. The average molecular weight is 995 g/mol. The Kier molecular flexibility index (Phi) is 16.0. The Bertz CT molecular complexity index is 2500. The molecule has 5 aliphatic heterocycles. The molecule has 18 heteroatoms. The van der Waals surface area contributed by atoms with E-state index in [9.17, 15) is 24.0 Å². The first-order chi connectivity index (χ1) is 34.4. The predicted octanol–water partition coefficient (Wildman–Crippen LogP) is 5.00. The Hall–Kier alpha value is -5.56. The lowest BCUT2D eigenvalue weighted by atomic mass is 9.83. The van der Waals surface area contributed by atoms with Gasteiger partial charge in [0.1, 0.15) is 18.1 Å². The Labute approximate surface area is 425 Å². The maximum atomic E-state index is 14.9. The van der Waals surface area contributed by atoms with Crippen molar-refractivity contribution < 1.29 is 38.2 Å². The van der Waals surface area contributed by atoms with Crippen molar-refractivity contribution in [2.45, 2.75) is 122 Å². The number of piperazine rings is 1. The molecule has 0 aliphatic carbocycles. The lowest BCUT2D eigenvalue weighted by molar-refractivity contribution is -0.156. The number of morpholine rings is 1. The summed E-state index contributed by atoms with van der Waals surface area (Å²) in [5.74, 6) is -1.68. The number of esters is 1. The highest BCUT2D eigenvalue weighted by molar-refractivity contribution is 5.95. The average Bonchev–Trinajstić information content (AvgIpc) is 3.68. The lowest BCUT2D eigenvalue weighted by Crippen LogP contribution is -2.66. The Morgan fingerprint density at radius 2 is 1.82 bits per heavy atom. The third-order valence-electron chi connectivity index (χ3n) is 16.0. The molecule has 392 valence electrons. The van der Waals surface area contributed by atoms with Gasteiger partial charge in [-0.25, -0.2) is 10.2 Å². The summed E-state index contributed by atoms with van der Waals surface area (Å²) in [6.07, 6.45) is 5.58. The van der Waals surface area contributed by atoms with Crippen LogP contribution in [-0.2, 0) is 46.4 Å². The topological polar surface area (TPSA) is 174 Å². The van der Waals surface area contributed by atoms with E-state index in [4.69, 9.17) is 19.2 Å². The van der Waals surface area contributed by atoms with Crippen LogP contribution < -0.4 is 15.6 Å². The molecule has 3 aromatic rings. The molecule has 2 aromatic heterocycles. The molecule has 72 heavy (non-hydrogen) atoms. The lowest BCUT2D eigenvalue weighted by Gasteiger charge is -2.53. The molecule has 1 spiro atoms. The highest BCUT2D eigenvalue weighted by atomic mass is 16.5. The van der Waals surface area contributed by atoms with Crippen LogP contribution >= 0.6 is 0 Å². The number of urea groups is 1. The number of piperidine rings is 1. The third kappa shape index (κ3) is 10.7. The zero-order valence-electron chi connectivity index (χ0n) is 44.1. The molecule has 1 aromatic carbocycles. The number of carbonyl (C=O) groups is 5. The van der Waals surface area contributed by atoms with Crippen LogP contribution in [0.3, 0.4) is 0 Å². The van der Waals surface area contributed by atoms with Crippen LogP contribution in [0.5, 0.6) is 0 Å². The van der Waals surface area contributed by atoms with Crippen molar-refractivity contribution in [2.24, 2.45) is 11.3 Å². The standard InChI is InChI=1S/C54H78N10O8/c1-11-45(65)62-26-25-58(8)54(33-62)19-23-60(24-20-54)52(69)59(9)47(35(3)4)49(66)56-43-30-38-32-61(27-28-71-38)37-17-18-44-40(29-37)41(48(63(44)12-2)39-15-13-21-55-46(39)36(5)70-10)31-53(6,7)34-72-51(68)42-16-14-22-64(57-42)50(43)67/h11,13,15,17-18,21,29,35-36,38,42-43,47,57H,1,12,14,16,19-20,22-28,30-34H2,2-10H3,(H,56,66)/t36-,38-,42-,43-,47-/m0/s1. The number of fused-ring (bicyclic) bond motifs is 6. The van der Waals surface area contributed by atoms with Crippen molar-refractivity contribution in [3.63, 3.8) is 0 Å². The quantitative estimate of drug-likeness (QED) is 0.217. The van der Waals surface area contributed by atoms with Gasteiger partial charge in [-0.3, -0.25) is 34.1 Å². The fourth-order valence-electron chi connectivity index (χ4n) is 11.8. The number of aromatic nitrogens is 2. The van der Waals surface area contributed by atoms with Crippen LogP contribution in [0.1, 0.15) is 91.0 Å². The second-order valence-corrected chi connectivity index (χ2v) is 21.8. The van der Waals surface area contributed by atoms with Gasteiger partial charge < -0.3 is 43.7 Å². The largest absolute Gasteiger partial charge is 0.464 e. The van der Waals surface area contributed by atoms with Crippen molar-refractivity contribution in [1.82, 2.24) is 44.9 Å². The molecule has 0 saturated carbocycles. The van der Waals surface area contributed by atoms with Crippen LogP contribution in [0.2, 0.25) is 0 Å². The van der Waals surface area contributed by atoms with Crippen LogP contribution in [0.15, 0.2) is 49.2 Å². The summed E-state index contributed by atoms with van der Waals surface area (Å²) < 4.78 is 20.8. The number of pyridine rings is 1. The maximum absolute atomic E-state index is 14.9. The number of aryl methyl sites for hydroxylation is 1. The van der Waals surface area contributed by atoms with Gasteiger partial charge in [-0.05, 0) is 101 Å². The Morgan fingerprint density at radius 1 is 1.06 bits per heavy atom. The molecular formula is C54H78N10O8. The minimum absolute atomic E-state index is 0.0873. The van der Waals surface area contributed by atoms with Crippen LogP contribution in [0.25, 0.3) is 22.2 Å². The van der Waals surface area contributed by atoms with Crippen LogP contribution in [-0.4, -0.2) is 180 Å².